The van der Waals surface area contributed by atoms with Gasteiger partial charge in [-0.1, -0.05) is 12.1 Å². The standard InChI is InChI=1S/C22H30N2O5S/c1-15(2)29-18-10-7-16(8-11-18)14-23-21(25)17-9-12-19(28-6)20(13-17)30(26,27)24-22(3,4)5/h7-13,15,24H,14H2,1-6H3,(H,23,25). The van der Waals surface area contributed by atoms with Gasteiger partial charge in [0, 0.05) is 17.6 Å². The SMILES string of the molecule is COc1ccc(C(=O)NCc2ccc(OC(C)C)cc2)cc1S(=O)(=O)NC(C)(C)C. The van der Waals surface area contributed by atoms with E-state index < -0.39 is 15.6 Å². The molecule has 7 nitrogen and oxygen atoms in total. The number of carbonyl (C=O) groups is 1. The Morgan fingerprint density at radius 1 is 1.07 bits per heavy atom. The van der Waals surface area contributed by atoms with Crippen molar-refractivity contribution in [3.05, 3.63) is 53.6 Å². The first-order chi connectivity index (χ1) is 13.9. The minimum Gasteiger partial charge on any atom is -0.495 e. The molecule has 2 aromatic rings. The Bertz CT molecular complexity index is 978. The van der Waals surface area contributed by atoms with Crippen molar-refractivity contribution in [1.82, 2.24) is 10.0 Å². The highest BCUT2D eigenvalue weighted by molar-refractivity contribution is 7.89. The van der Waals surface area contributed by atoms with E-state index in [2.05, 4.69) is 10.0 Å². The fourth-order valence-electron chi connectivity index (χ4n) is 2.73. The van der Waals surface area contributed by atoms with Gasteiger partial charge in [0.05, 0.1) is 13.2 Å². The van der Waals surface area contributed by atoms with Gasteiger partial charge in [0.2, 0.25) is 10.0 Å². The smallest absolute Gasteiger partial charge is 0.251 e. The van der Waals surface area contributed by atoms with Gasteiger partial charge in [-0.15, -0.1) is 0 Å². The van der Waals surface area contributed by atoms with E-state index in [1.54, 1.807) is 20.8 Å². The summed E-state index contributed by atoms with van der Waals surface area (Å²) >= 11 is 0. The van der Waals surface area contributed by atoms with Gasteiger partial charge >= 0.3 is 0 Å². The molecule has 0 saturated heterocycles. The zero-order valence-corrected chi connectivity index (χ0v) is 19.1. The summed E-state index contributed by atoms with van der Waals surface area (Å²) in [5.41, 5.74) is 0.452. The fourth-order valence-corrected chi connectivity index (χ4v) is 4.34. The van der Waals surface area contributed by atoms with Gasteiger partial charge in [0.25, 0.3) is 5.91 Å². The van der Waals surface area contributed by atoms with Crippen LogP contribution in [0.3, 0.4) is 0 Å². The summed E-state index contributed by atoms with van der Waals surface area (Å²) in [6.07, 6.45) is 0.0869. The minimum atomic E-state index is -3.87. The molecule has 0 spiro atoms. The Labute approximate surface area is 178 Å². The fraction of sp³-hybridized carbons (Fsp3) is 0.409. The van der Waals surface area contributed by atoms with Gasteiger partial charge in [-0.2, -0.15) is 0 Å². The molecule has 0 heterocycles. The van der Waals surface area contributed by atoms with Crippen molar-refractivity contribution in [2.45, 2.75) is 57.7 Å². The Morgan fingerprint density at radius 2 is 1.70 bits per heavy atom. The molecule has 0 fully saturated rings. The molecule has 2 rings (SSSR count). The molecule has 0 aromatic heterocycles. The minimum absolute atomic E-state index is 0.0808. The summed E-state index contributed by atoms with van der Waals surface area (Å²) in [4.78, 5) is 12.5. The van der Waals surface area contributed by atoms with Crippen LogP contribution in [0, 0.1) is 0 Å². The van der Waals surface area contributed by atoms with E-state index in [4.69, 9.17) is 9.47 Å². The van der Waals surface area contributed by atoms with Crippen LogP contribution >= 0.6 is 0 Å². The van der Waals surface area contributed by atoms with Crippen LogP contribution in [-0.2, 0) is 16.6 Å². The second-order valence-corrected chi connectivity index (χ2v) is 9.87. The molecule has 0 saturated carbocycles. The topological polar surface area (TPSA) is 93.7 Å². The lowest BCUT2D eigenvalue weighted by molar-refractivity contribution is 0.0950. The Balaban J connectivity index is 2.16. The quantitative estimate of drug-likeness (QED) is 0.663. The summed E-state index contributed by atoms with van der Waals surface area (Å²) in [5, 5.41) is 2.80. The Kier molecular flexibility index (Phi) is 7.49. The first-order valence-corrected chi connectivity index (χ1v) is 11.2. The van der Waals surface area contributed by atoms with Crippen LogP contribution in [0.4, 0.5) is 0 Å². The molecular weight excluding hydrogens is 404 g/mol. The largest absolute Gasteiger partial charge is 0.495 e. The maximum absolute atomic E-state index is 12.8. The van der Waals surface area contributed by atoms with Gasteiger partial charge in [-0.05, 0) is 70.5 Å². The van der Waals surface area contributed by atoms with Crippen molar-refractivity contribution in [3.63, 3.8) is 0 Å². The molecule has 0 atom stereocenters. The predicted octanol–water partition coefficient (Wildman–Crippen LogP) is 3.49. The highest BCUT2D eigenvalue weighted by atomic mass is 32.2. The van der Waals surface area contributed by atoms with Crippen molar-refractivity contribution in [2.75, 3.05) is 7.11 Å². The zero-order valence-electron chi connectivity index (χ0n) is 18.3. The Hall–Kier alpha value is -2.58. The first-order valence-electron chi connectivity index (χ1n) is 9.67. The van der Waals surface area contributed by atoms with Crippen molar-refractivity contribution in [3.8, 4) is 11.5 Å². The maximum Gasteiger partial charge on any atom is 0.251 e. The number of sulfonamides is 1. The number of amides is 1. The predicted molar refractivity (Wildman–Crippen MR) is 116 cm³/mol. The monoisotopic (exact) mass is 434 g/mol. The van der Waals surface area contributed by atoms with E-state index in [1.807, 2.05) is 38.1 Å². The van der Waals surface area contributed by atoms with Gasteiger partial charge in [0.1, 0.15) is 16.4 Å². The maximum atomic E-state index is 12.8. The summed E-state index contributed by atoms with van der Waals surface area (Å²) in [6, 6.07) is 11.8. The molecule has 1 amide bonds. The third kappa shape index (κ3) is 6.74. The second-order valence-electron chi connectivity index (χ2n) is 8.21. The summed E-state index contributed by atoms with van der Waals surface area (Å²) < 4.78 is 38.9. The summed E-state index contributed by atoms with van der Waals surface area (Å²) in [5.74, 6) is 0.549. The molecule has 0 radical (unpaired) electrons. The molecule has 164 valence electrons. The summed E-state index contributed by atoms with van der Waals surface area (Å²) in [6.45, 7) is 9.43. The molecule has 0 aliphatic rings. The van der Waals surface area contributed by atoms with Crippen molar-refractivity contribution >= 4 is 15.9 Å². The van der Waals surface area contributed by atoms with Gasteiger partial charge in [-0.25, -0.2) is 13.1 Å². The van der Waals surface area contributed by atoms with E-state index in [1.165, 1.54) is 25.3 Å². The third-order valence-electron chi connectivity index (χ3n) is 3.90. The number of methoxy groups -OCH3 is 1. The van der Waals surface area contributed by atoms with Crippen LogP contribution in [0.15, 0.2) is 47.4 Å². The molecule has 0 unspecified atom stereocenters. The van der Waals surface area contributed by atoms with Gasteiger partial charge in [-0.3, -0.25) is 4.79 Å². The van der Waals surface area contributed by atoms with Crippen molar-refractivity contribution in [1.29, 1.82) is 0 Å². The van der Waals surface area contributed by atoms with Crippen LogP contribution in [0.5, 0.6) is 11.5 Å². The summed E-state index contributed by atoms with van der Waals surface area (Å²) in [7, 11) is -2.48. The molecule has 2 aromatic carbocycles. The number of hydrogen-bond donors (Lipinski definition) is 2. The van der Waals surface area contributed by atoms with E-state index in [-0.39, 0.29) is 28.2 Å². The molecular formula is C22H30N2O5S. The average molecular weight is 435 g/mol. The van der Waals surface area contributed by atoms with Crippen molar-refractivity contribution < 1.29 is 22.7 Å². The van der Waals surface area contributed by atoms with Crippen molar-refractivity contribution in [2.24, 2.45) is 0 Å². The highest BCUT2D eigenvalue weighted by Crippen LogP contribution is 2.26. The number of rotatable bonds is 8. The number of benzene rings is 2. The van der Waals surface area contributed by atoms with Crippen LogP contribution in [-0.4, -0.2) is 33.1 Å². The van der Waals surface area contributed by atoms with Crippen LogP contribution < -0.4 is 19.5 Å². The molecule has 0 aliphatic heterocycles. The molecule has 0 bridgehead atoms. The number of ether oxygens (including phenoxy) is 2. The van der Waals surface area contributed by atoms with Crippen LogP contribution in [0.25, 0.3) is 0 Å². The van der Waals surface area contributed by atoms with E-state index in [0.717, 1.165) is 11.3 Å². The molecule has 30 heavy (non-hydrogen) atoms. The molecule has 0 aliphatic carbocycles. The third-order valence-corrected chi connectivity index (χ3v) is 5.68. The highest BCUT2D eigenvalue weighted by Gasteiger charge is 2.26. The normalized spacial score (nSPS) is 12.0. The van der Waals surface area contributed by atoms with Crippen LogP contribution in [0.1, 0.15) is 50.5 Å². The number of hydrogen-bond acceptors (Lipinski definition) is 5. The number of carbonyl (C=O) groups excluding carboxylic acids is 1. The molecule has 2 N–H and O–H groups in total. The van der Waals surface area contributed by atoms with Crippen LogP contribution in [0.2, 0.25) is 0 Å². The first kappa shape index (κ1) is 23.7. The lowest BCUT2D eigenvalue weighted by atomic mass is 10.1. The number of nitrogens with one attached hydrogen (secondary N) is 2. The molecule has 8 heteroatoms. The lowest BCUT2D eigenvalue weighted by Crippen LogP contribution is -2.40. The van der Waals surface area contributed by atoms with E-state index in [0.29, 0.717) is 6.54 Å². The van der Waals surface area contributed by atoms with E-state index in [9.17, 15) is 13.2 Å². The van der Waals surface area contributed by atoms with Gasteiger partial charge in [0.15, 0.2) is 0 Å². The van der Waals surface area contributed by atoms with E-state index >= 15 is 0 Å². The zero-order chi connectivity index (χ0) is 22.5. The lowest BCUT2D eigenvalue weighted by Gasteiger charge is -2.21. The second kappa shape index (κ2) is 9.49. The average Bonchev–Trinajstić information content (AvgIpc) is 2.64. The van der Waals surface area contributed by atoms with Gasteiger partial charge < -0.3 is 14.8 Å². The Morgan fingerprint density at radius 3 is 2.23 bits per heavy atom.